The van der Waals surface area contributed by atoms with E-state index in [2.05, 4.69) is 20.4 Å². The van der Waals surface area contributed by atoms with Crippen molar-refractivity contribution in [1.82, 2.24) is 20.4 Å². The third-order valence-electron chi connectivity index (χ3n) is 3.92. The Balaban J connectivity index is 2.29. The largest absolute Gasteiger partial charge is 0.383 e. The summed E-state index contributed by atoms with van der Waals surface area (Å²) < 4.78 is 5.03. The fourth-order valence-corrected chi connectivity index (χ4v) is 2.30. The zero-order valence-corrected chi connectivity index (χ0v) is 13.4. The van der Waals surface area contributed by atoms with Gasteiger partial charge >= 0.3 is 0 Å². The molecule has 0 unspecified atom stereocenters. The Bertz CT molecular complexity index is 291. The van der Waals surface area contributed by atoms with Gasteiger partial charge in [-0.05, 0) is 20.9 Å². The molecule has 1 heterocycles. The van der Waals surface area contributed by atoms with Gasteiger partial charge in [0.15, 0.2) is 0 Å². The first-order valence-corrected chi connectivity index (χ1v) is 7.40. The number of piperazine rings is 1. The lowest BCUT2D eigenvalue weighted by molar-refractivity contribution is -0.132. The molecule has 0 atom stereocenters. The van der Waals surface area contributed by atoms with Crippen LogP contribution >= 0.6 is 0 Å². The number of likely N-dealkylation sites (N-methyl/N-ethyl adjacent to an activating group) is 1. The van der Waals surface area contributed by atoms with E-state index >= 15 is 0 Å². The van der Waals surface area contributed by atoms with Gasteiger partial charge in [-0.2, -0.15) is 0 Å². The minimum atomic E-state index is -0.437. The lowest BCUT2D eigenvalue weighted by atomic mass is 10.0. The van der Waals surface area contributed by atoms with E-state index in [-0.39, 0.29) is 5.91 Å². The molecule has 6 heteroatoms. The van der Waals surface area contributed by atoms with Crippen molar-refractivity contribution in [2.24, 2.45) is 0 Å². The van der Waals surface area contributed by atoms with Crippen LogP contribution < -0.4 is 10.6 Å². The first-order valence-electron chi connectivity index (χ1n) is 7.40. The van der Waals surface area contributed by atoms with Crippen molar-refractivity contribution < 1.29 is 9.53 Å². The van der Waals surface area contributed by atoms with Gasteiger partial charge in [-0.15, -0.1) is 0 Å². The molecule has 20 heavy (non-hydrogen) atoms. The summed E-state index contributed by atoms with van der Waals surface area (Å²) in [7, 11) is 3.73. The van der Waals surface area contributed by atoms with Crippen LogP contribution in [0.1, 0.15) is 13.8 Å². The minimum absolute atomic E-state index is 0.111. The minimum Gasteiger partial charge on any atom is -0.383 e. The van der Waals surface area contributed by atoms with Gasteiger partial charge in [0.25, 0.3) is 0 Å². The average Bonchev–Trinajstić information content (AvgIpc) is 2.45. The number of ether oxygens (including phenoxy) is 1. The molecule has 6 nitrogen and oxygen atoms in total. The molecule has 1 amide bonds. The fraction of sp³-hybridized carbons (Fsp3) is 0.929. The highest BCUT2D eigenvalue weighted by atomic mass is 16.5. The van der Waals surface area contributed by atoms with Gasteiger partial charge in [0.1, 0.15) is 0 Å². The van der Waals surface area contributed by atoms with Crippen molar-refractivity contribution >= 4 is 5.91 Å². The molecule has 0 radical (unpaired) electrons. The standard InChI is InChI=1S/C14H30N4O2/c1-14(2,18-9-5-15-6-10-18)13(19)16-7-8-17(3)11-12-20-4/h15H,5-12H2,1-4H3,(H,16,19). The molecule has 0 aromatic heterocycles. The molecule has 1 aliphatic heterocycles. The van der Waals surface area contributed by atoms with Crippen LogP contribution in [0.3, 0.4) is 0 Å². The summed E-state index contributed by atoms with van der Waals surface area (Å²) in [5.74, 6) is 0.111. The maximum Gasteiger partial charge on any atom is 0.239 e. The summed E-state index contributed by atoms with van der Waals surface area (Å²) in [5, 5.41) is 6.36. The SMILES string of the molecule is COCCN(C)CCNC(=O)C(C)(C)N1CCNCC1. The molecule has 0 aliphatic carbocycles. The van der Waals surface area contributed by atoms with Crippen LogP contribution in [0.15, 0.2) is 0 Å². The third kappa shape index (κ3) is 5.36. The number of amides is 1. The molecule has 1 fully saturated rings. The molecular weight excluding hydrogens is 256 g/mol. The molecule has 0 bridgehead atoms. The zero-order chi connectivity index (χ0) is 15.0. The summed E-state index contributed by atoms with van der Waals surface area (Å²) in [6.45, 7) is 10.9. The second-order valence-electron chi connectivity index (χ2n) is 5.85. The summed E-state index contributed by atoms with van der Waals surface area (Å²) in [6.07, 6.45) is 0. The monoisotopic (exact) mass is 286 g/mol. The first kappa shape index (κ1) is 17.4. The summed E-state index contributed by atoms with van der Waals surface area (Å²) >= 11 is 0. The summed E-state index contributed by atoms with van der Waals surface area (Å²) in [4.78, 5) is 16.7. The van der Waals surface area contributed by atoms with Crippen molar-refractivity contribution in [3.8, 4) is 0 Å². The van der Waals surface area contributed by atoms with Gasteiger partial charge in [0, 0.05) is 52.9 Å². The molecule has 0 saturated carbocycles. The number of carbonyl (C=O) groups is 1. The Hall–Kier alpha value is -0.690. The van der Waals surface area contributed by atoms with Crippen LogP contribution in [0.4, 0.5) is 0 Å². The van der Waals surface area contributed by atoms with Crippen molar-refractivity contribution in [1.29, 1.82) is 0 Å². The van der Waals surface area contributed by atoms with Crippen molar-refractivity contribution in [2.45, 2.75) is 19.4 Å². The number of nitrogens with one attached hydrogen (secondary N) is 2. The van der Waals surface area contributed by atoms with Crippen LogP contribution in [0.2, 0.25) is 0 Å². The summed E-state index contributed by atoms with van der Waals surface area (Å²) in [6, 6.07) is 0. The lowest BCUT2D eigenvalue weighted by Crippen LogP contribution is -2.60. The van der Waals surface area contributed by atoms with Gasteiger partial charge in [-0.1, -0.05) is 0 Å². The van der Waals surface area contributed by atoms with Gasteiger partial charge in [0.2, 0.25) is 5.91 Å². The molecule has 1 aliphatic rings. The zero-order valence-electron chi connectivity index (χ0n) is 13.4. The highest BCUT2D eigenvalue weighted by Gasteiger charge is 2.34. The van der Waals surface area contributed by atoms with Crippen molar-refractivity contribution in [3.63, 3.8) is 0 Å². The van der Waals surface area contributed by atoms with Gasteiger partial charge < -0.3 is 20.3 Å². The Kier molecular flexibility index (Phi) is 7.43. The van der Waals surface area contributed by atoms with E-state index in [0.29, 0.717) is 6.54 Å². The lowest BCUT2D eigenvalue weighted by Gasteiger charge is -2.39. The number of nitrogens with zero attached hydrogens (tertiary/aromatic N) is 2. The van der Waals surface area contributed by atoms with Gasteiger partial charge in [-0.25, -0.2) is 0 Å². The number of methoxy groups -OCH3 is 1. The highest BCUT2D eigenvalue weighted by Crippen LogP contribution is 2.14. The second-order valence-corrected chi connectivity index (χ2v) is 5.85. The van der Waals surface area contributed by atoms with E-state index in [4.69, 9.17) is 4.74 Å². The molecule has 118 valence electrons. The molecule has 1 rings (SSSR count). The maximum atomic E-state index is 12.3. The van der Waals surface area contributed by atoms with Crippen LogP contribution in [0, 0.1) is 0 Å². The molecular formula is C14H30N4O2. The van der Waals surface area contributed by atoms with E-state index in [9.17, 15) is 4.79 Å². The van der Waals surface area contributed by atoms with Crippen LogP contribution in [-0.2, 0) is 9.53 Å². The van der Waals surface area contributed by atoms with Crippen molar-refractivity contribution in [2.75, 3.05) is 66.6 Å². The molecule has 0 spiro atoms. The van der Waals surface area contributed by atoms with Crippen LogP contribution in [-0.4, -0.2) is 87.8 Å². The average molecular weight is 286 g/mol. The number of carbonyl (C=O) groups excluding carboxylic acids is 1. The predicted octanol–water partition coefficient (Wildman–Crippen LogP) is -0.635. The molecule has 1 saturated heterocycles. The van der Waals surface area contributed by atoms with Crippen LogP contribution in [0.25, 0.3) is 0 Å². The fourth-order valence-electron chi connectivity index (χ4n) is 2.30. The molecule has 2 N–H and O–H groups in total. The van der Waals surface area contributed by atoms with E-state index < -0.39 is 5.54 Å². The smallest absolute Gasteiger partial charge is 0.239 e. The normalized spacial score (nSPS) is 17.4. The molecule has 0 aromatic carbocycles. The van der Waals surface area contributed by atoms with E-state index in [1.165, 1.54) is 0 Å². The first-order chi connectivity index (χ1) is 9.48. The van der Waals surface area contributed by atoms with Gasteiger partial charge in [-0.3, -0.25) is 9.69 Å². The van der Waals surface area contributed by atoms with E-state index in [1.54, 1.807) is 7.11 Å². The predicted molar refractivity (Wildman–Crippen MR) is 80.9 cm³/mol. The number of hydrogen-bond donors (Lipinski definition) is 2. The maximum absolute atomic E-state index is 12.3. The van der Waals surface area contributed by atoms with Gasteiger partial charge in [0.05, 0.1) is 12.1 Å². The van der Waals surface area contributed by atoms with Crippen LogP contribution in [0.5, 0.6) is 0 Å². The third-order valence-corrected chi connectivity index (χ3v) is 3.92. The number of hydrogen-bond acceptors (Lipinski definition) is 5. The second kappa shape index (κ2) is 8.56. The highest BCUT2D eigenvalue weighted by molar-refractivity contribution is 5.85. The Morgan fingerprint density at radius 2 is 2.00 bits per heavy atom. The van der Waals surface area contributed by atoms with E-state index in [1.807, 2.05) is 20.9 Å². The summed E-state index contributed by atoms with van der Waals surface area (Å²) in [5.41, 5.74) is -0.437. The Labute approximate surface area is 122 Å². The Morgan fingerprint density at radius 1 is 1.35 bits per heavy atom. The number of rotatable bonds is 8. The quantitative estimate of drug-likeness (QED) is 0.622. The van der Waals surface area contributed by atoms with E-state index in [0.717, 1.165) is 45.9 Å². The molecule has 0 aromatic rings. The van der Waals surface area contributed by atoms with Crippen molar-refractivity contribution in [3.05, 3.63) is 0 Å². The Morgan fingerprint density at radius 3 is 2.60 bits per heavy atom. The topological polar surface area (TPSA) is 56.8 Å².